The van der Waals surface area contributed by atoms with Crippen LogP contribution in [0.1, 0.15) is 11.3 Å². The highest BCUT2D eigenvalue weighted by Crippen LogP contribution is 2.13. The van der Waals surface area contributed by atoms with Gasteiger partial charge in [0.25, 0.3) is 0 Å². The number of aliphatic imine (C=N–C) groups is 1. The lowest BCUT2D eigenvalue weighted by molar-refractivity contribution is 0.370. The number of halogens is 1. The summed E-state index contributed by atoms with van der Waals surface area (Å²) in [6.45, 7) is 5.19. The average molecular weight is 561 g/mol. The second-order valence-corrected chi connectivity index (χ2v) is 7.72. The zero-order chi connectivity index (χ0) is 22.0. The molecule has 0 radical (unpaired) electrons. The predicted molar refractivity (Wildman–Crippen MR) is 143 cm³/mol. The van der Waals surface area contributed by atoms with Gasteiger partial charge in [0.05, 0.1) is 13.4 Å². The van der Waals surface area contributed by atoms with E-state index >= 15 is 0 Å². The van der Waals surface area contributed by atoms with E-state index in [9.17, 15) is 0 Å². The normalized spacial score (nSPS) is 14.0. The third-order valence-corrected chi connectivity index (χ3v) is 5.61. The van der Waals surface area contributed by atoms with Crippen molar-refractivity contribution in [1.82, 2.24) is 15.2 Å². The van der Waals surface area contributed by atoms with Crippen LogP contribution >= 0.6 is 24.0 Å². The maximum Gasteiger partial charge on any atom is 0.194 e. The summed E-state index contributed by atoms with van der Waals surface area (Å²) >= 11 is 0. The SMILES string of the molecule is COc1ccc(CCNC(=NCCc2ccco2)N2CCN(c3ccccn3)CC2)cc1.I. The fraction of sp³-hybridized carbons (Fsp3) is 0.360. The predicted octanol–water partition coefficient (Wildman–Crippen LogP) is 3.85. The van der Waals surface area contributed by atoms with Gasteiger partial charge in [-0.3, -0.25) is 4.99 Å². The van der Waals surface area contributed by atoms with E-state index in [1.807, 2.05) is 42.6 Å². The molecule has 1 saturated heterocycles. The monoisotopic (exact) mass is 561 g/mol. The first-order valence-electron chi connectivity index (χ1n) is 11.2. The highest BCUT2D eigenvalue weighted by Gasteiger charge is 2.20. The van der Waals surface area contributed by atoms with E-state index in [0.29, 0.717) is 6.54 Å². The van der Waals surface area contributed by atoms with Gasteiger partial charge >= 0.3 is 0 Å². The Balaban J connectivity index is 0.00000306. The number of anilines is 1. The molecule has 1 fully saturated rings. The Labute approximate surface area is 212 Å². The van der Waals surface area contributed by atoms with Crippen molar-refractivity contribution in [1.29, 1.82) is 0 Å². The molecule has 7 nitrogen and oxygen atoms in total. The van der Waals surface area contributed by atoms with Crippen molar-refractivity contribution in [2.24, 2.45) is 4.99 Å². The van der Waals surface area contributed by atoms with Crippen molar-refractivity contribution >= 4 is 35.8 Å². The fourth-order valence-corrected chi connectivity index (χ4v) is 3.79. The summed E-state index contributed by atoms with van der Waals surface area (Å²) in [5, 5.41) is 3.58. The molecule has 1 aliphatic heterocycles. The molecule has 33 heavy (non-hydrogen) atoms. The van der Waals surface area contributed by atoms with E-state index in [1.54, 1.807) is 13.4 Å². The van der Waals surface area contributed by atoms with E-state index < -0.39 is 0 Å². The Morgan fingerprint density at radius 2 is 1.85 bits per heavy atom. The highest BCUT2D eigenvalue weighted by atomic mass is 127. The van der Waals surface area contributed by atoms with Gasteiger partial charge in [-0.15, -0.1) is 24.0 Å². The van der Waals surface area contributed by atoms with Crippen molar-refractivity contribution in [2.45, 2.75) is 12.8 Å². The standard InChI is InChI=1S/C25H31N5O2.HI/c1-31-22-9-7-21(8-10-22)11-14-27-25(28-15-12-23-5-4-20-32-23)30-18-16-29(17-19-30)24-6-2-3-13-26-24;/h2-10,13,20H,11-12,14-19H2,1H3,(H,27,28);1H. The van der Waals surface area contributed by atoms with Gasteiger partial charge in [-0.2, -0.15) is 0 Å². The lowest BCUT2D eigenvalue weighted by atomic mass is 10.1. The molecule has 1 N–H and O–H groups in total. The largest absolute Gasteiger partial charge is 0.497 e. The summed E-state index contributed by atoms with van der Waals surface area (Å²) in [6, 6.07) is 18.2. The molecule has 8 heteroatoms. The molecule has 0 bridgehead atoms. The van der Waals surface area contributed by atoms with Crippen LogP contribution in [0.5, 0.6) is 5.75 Å². The van der Waals surface area contributed by atoms with Gasteiger partial charge < -0.3 is 24.3 Å². The maximum absolute atomic E-state index is 5.45. The molecule has 3 aromatic rings. The first-order valence-corrected chi connectivity index (χ1v) is 11.2. The molecular formula is C25H32IN5O2. The van der Waals surface area contributed by atoms with Crippen molar-refractivity contribution in [3.05, 3.63) is 78.4 Å². The van der Waals surface area contributed by atoms with Gasteiger partial charge in [0.15, 0.2) is 5.96 Å². The Morgan fingerprint density at radius 3 is 2.52 bits per heavy atom. The zero-order valence-electron chi connectivity index (χ0n) is 19.0. The lowest BCUT2D eigenvalue weighted by Crippen LogP contribution is -2.53. The molecule has 0 saturated carbocycles. The van der Waals surface area contributed by atoms with E-state index in [1.165, 1.54) is 5.56 Å². The minimum atomic E-state index is 0. The van der Waals surface area contributed by atoms with Crippen molar-refractivity contribution in [2.75, 3.05) is 51.3 Å². The van der Waals surface area contributed by atoms with E-state index in [0.717, 1.165) is 68.9 Å². The van der Waals surface area contributed by atoms with Crippen LogP contribution in [-0.2, 0) is 12.8 Å². The van der Waals surface area contributed by atoms with Crippen molar-refractivity contribution in [3.8, 4) is 5.75 Å². The van der Waals surface area contributed by atoms with Gasteiger partial charge in [-0.1, -0.05) is 18.2 Å². The summed E-state index contributed by atoms with van der Waals surface area (Å²) < 4.78 is 10.7. The minimum Gasteiger partial charge on any atom is -0.497 e. The highest BCUT2D eigenvalue weighted by molar-refractivity contribution is 14.0. The molecule has 1 aliphatic rings. The van der Waals surface area contributed by atoms with Gasteiger partial charge in [0, 0.05) is 51.9 Å². The fourth-order valence-electron chi connectivity index (χ4n) is 3.79. The lowest BCUT2D eigenvalue weighted by Gasteiger charge is -2.37. The molecule has 2 aromatic heterocycles. The summed E-state index contributed by atoms with van der Waals surface area (Å²) in [4.78, 5) is 14.1. The smallest absolute Gasteiger partial charge is 0.194 e. The molecule has 0 atom stereocenters. The molecule has 0 amide bonds. The molecule has 0 spiro atoms. The van der Waals surface area contributed by atoms with Crippen LogP contribution in [0.3, 0.4) is 0 Å². The minimum absolute atomic E-state index is 0. The van der Waals surface area contributed by atoms with Crippen LogP contribution in [0, 0.1) is 0 Å². The Kier molecular flexibility index (Phi) is 9.86. The van der Waals surface area contributed by atoms with Crippen molar-refractivity contribution in [3.63, 3.8) is 0 Å². The van der Waals surface area contributed by atoms with Gasteiger partial charge in [0.2, 0.25) is 0 Å². The number of furan rings is 1. The molecular weight excluding hydrogens is 529 g/mol. The number of ether oxygens (including phenoxy) is 1. The summed E-state index contributed by atoms with van der Waals surface area (Å²) in [5.41, 5.74) is 1.27. The number of rotatable bonds is 8. The summed E-state index contributed by atoms with van der Waals surface area (Å²) in [7, 11) is 1.69. The number of pyridine rings is 1. The topological polar surface area (TPSA) is 66.1 Å². The van der Waals surface area contributed by atoms with Crippen LogP contribution in [0.4, 0.5) is 5.82 Å². The molecule has 176 valence electrons. The number of piperazine rings is 1. The first kappa shape index (κ1) is 24.9. The number of hydrogen-bond donors (Lipinski definition) is 1. The maximum atomic E-state index is 5.45. The van der Waals surface area contributed by atoms with Gasteiger partial charge in [-0.05, 0) is 48.4 Å². The number of aromatic nitrogens is 1. The molecule has 0 aliphatic carbocycles. The third kappa shape index (κ3) is 7.38. The number of methoxy groups -OCH3 is 1. The van der Waals surface area contributed by atoms with E-state index in [2.05, 4.69) is 38.3 Å². The quantitative estimate of drug-likeness (QED) is 0.256. The second-order valence-electron chi connectivity index (χ2n) is 7.72. The Morgan fingerprint density at radius 1 is 1.03 bits per heavy atom. The van der Waals surface area contributed by atoms with Crippen LogP contribution in [0.25, 0.3) is 0 Å². The molecule has 1 aromatic carbocycles. The van der Waals surface area contributed by atoms with Crippen LogP contribution in [0.2, 0.25) is 0 Å². The molecule has 0 unspecified atom stereocenters. The summed E-state index contributed by atoms with van der Waals surface area (Å²) in [6.07, 6.45) is 5.29. The Hall–Kier alpha value is -2.75. The van der Waals surface area contributed by atoms with Gasteiger partial charge in [-0.25, -0.2) is 4.98 Å². The summed E-state index contributed by atoms with van der Waals surface area (Å²) in [5.74, 6) is 3.85. The van der Waals surface area contributed by atoms with E-state index in [4.69, 9.17) is 14.1 Å². The number of hydrogen-bond acceptors (Lipinski definition) is 5. The number of benzene rings is 1. The van der Waals surface area contributed by atoms with Crippen LogP contribution < -0.4 is 15.0 Å². The molecule has 3 heterocycles. The second kappa shape index (κ2) is 13.1. The average Bonchev–Trinajstić information content (AvgIpc) is 3.38. The third-order valence-electron chi connectivity index (χ3n) is 5.61. The first-order chi connectivity index (χ1) is 15.8. The number of nitrogens with one attached hydrogen (secondary N) is 1. The molecule has 4 rings (SSSR count). The van der Waals surface area contributed by atoms with Gasteiger partial charge in [0.1, 0.15) is 17.3 Å². The van der Waals surface area contributed by atoms with E-state index in [-0.39, 0.29) is 24.0 Å². The Bertz CT molecular complexity index is 956. The number of guanidine groups is 1. The van der Waals surface area contributed by atoms with Crippen LogP contribution in [-0.4, -0.2) is 62.2 Å². The van der Waals surface area contributed by atoms with Crippen molar-refractivity contribution < 1.29 is 9.15 Å². The zero-order valence-corrected chi connectivity index (χ0v) is 21.4. The van der Waals surface area contributed by atoms with Crippen LogP contribution in [0.15, 0.2) is 76.5 Å². The number of nitrogens with zero attached hydrogens (tertiary/aromatic N) is 4.